The monoisotopic (exact) mass is 429 g/mol. The second-order valence-corrected chi connectivity index (χ2v) is 8.21. The lowest BCUT2D eigenvalue weighted by atomic mass is 10.1. The summed E-state index contributed by atoms with van der Waals surface area (Å²) in [6, 6.07) is 9.69. The fraction of sp³-hybridized carbons (Fsp3) is 0.217. The van der Waals surface area contributed by atoms with Crippen LogP contribution in [0, 0.1) is 18.3 Å². The van der Waals surface area contributed by atoms with Crippen LogP contribution < -0.4 is 9.47 Å². The molecule has 8 heteroatoms. The summed E-state index contributed by atoms with van der Waals surface area (Å²) in [6.45, 7) is 2.57. The van der Waals surface area contributed by atoms with Crippen molar-refractivity contribution in [3.05, 3.63) is 63.4 Å². The number of aromatic amines is 1. The molecule has 0 spiro atoms. The molecule has 0 saturated heterocycles. The maximum absolute atomic E-state index is 8.98. The Morgan fingerprint density at radius 3 is 2.84 bits per heavy atom. The molecule has 0 atom stereocenters. The van der Waals surface area contributed by atoms with E-state index in [0.29, 0.717) is 18.1 Å². The minimum Gasteiger partial charge on any atom is -0.493 e. The number of aromatic nitrogens is 4. The maximum Gasteiger partial charge on any atom is 0.161 e. The Morgan fingerprint density at radius 1 is 1.23 bits per heavy atom. The number of rotatable bonds is 6. The number of H-pyrrole nitrogens is 1. The molecule has 4 aromatic rings. The van der Waals surface area contributed by atoms with Gasteiger partial charge < -0.3 is 9.47 Å². The molecule has 1 aromatic carbocycles. The third-order valence-electron chi connectivity index (χ3n) is 5.48. The predicted molar refractivity (Wildman–Crippen MR) is 117 cm³/mol. The Bertz CT molecular complexity index is 1300. The molecule has 0 radical (unpaired) electrons. The van der Waals surface area contributed by atoms with Gasteiger partial charge in [0.1, 0.15) is 11.8 Å². The lowest BCUT2D eigenvalue weighted by Crippen LogP contribution is -2.03. The van der Waals surface area contributed by atoms with Gasteiger partial charge in [-0.05, 0) is 36.8 Å². The first kappa shape index (κ1) is 19.3. The van der Waals surface area contributed by atoms with Gasteiger partial charge in [-0.25, -0.2) is 9.97 Å². The zero-order valence-electron chi connectivity index (χ0n) is 17.1. The van der Waals surface area contributed by atoms with Crippen LogP contribution in [-0.2, 0) is 12.8 Å². The molecule has 0 unspecified atom stereocenters. The number of fused-ring (bicyclic) bond motifs is 3. The summed E-state index contributed by atoms with van der Waals surface area (Å²) in [6.07, 6.45) is 3.24. The summed E-state index contributed by atoms with van der Waals surface area (Å²) in [5, 5.41) is 16.7. The van der Waals surface area contributed by atoms with Crippen molar-refractivity contribution in [1.29, 1.82) is 5.26 Å². The maximum atomic E-state index is 8.98. The zero-order chi connectivity index (χ0) is 21.4. The van der Waals surface area contributed by atoms with Gasteiger partial charge in [0.05, 0.1) is 36.3 Å². The summed E-state index contributed by atoms with van der Waals surface area (Å²) >= 11 is 1.65. The van der Waals surface area contributed by atoms with E-state index in [0.717, 1.165) is 57.9 Å². The average Bonchev–Trinajstić information content (AvgIpc) is 3.49. The Morgan fingerprint density at radius 2 is 2.13 bits per heavy atom. The van der Waals surface area contributed by atoms with Gasteiger partial charge in [-0.3, -0.25) is 5.10 Å². The van der Waals surface area contributed by atoms with Gasteiger partial charge in [0.15, 0.2) is 11.5 Å². The third-order valence-corrected chi connectivity index (χ3v) is 6.47. The standard InChI is InChI=1S/C23H19N5O2S/c1-13-21(31-12-26-13)5-6-30-20-9-17-15(8-19(20)29-2)7-18-22(27-28-23(17)18)14-3-4-16(10-24)25-11-14/h3-4,8-9,11-12H,5-7H2,1-2H3,(H,27,28). The second-order valence-electron chi connectivity index (χ2n) is 7.27. The Balaban J connectivity index is 1.42. The number of benzene rings is 1. The van der Waals surface area contributed by atoms with Crippen LogP contribution in [0.5, 0.6) is 11.5 Å². The number of thiazole rings is 1. The van der Waals surface area contributed by atoms with Crippen LogP contribution in [0.15, 0.2) is 36.0 Å². The summed E-state index contributed by atoms with van der Waals surface area (Å²) in [5.41, 5.74) is 9.37. The summed E-state index contributed by atoms with van der Waals surface area (Å²) in [5.74, 6) is 1.44. The van der Waals surface area contributed by atoms with Crippen molar-refractivity contribution in [2.24, 2.45) is 0 Å². The predicted octanol–water partition coefficient (Wildman–Crippen LogP) is 4.31. The summed E-state index contributed by atoms with van der Waals surface area (Å²) < 4.78 is 11.7. The number of aryl methyl sites for hydroxylation is 1. The fourth-order valence-electron chi connectivity index (χ4n) is 3.86. The minimum absolute atomic E-state index is 0.388. The first-order valence-electron chi connectivity index (χ1n) is 9.84. The van der Waals surface area contributed by atoms with E-state index < -0.39 is 0 Å². The smallest absolute Gasteiger partial charge is 0.161 e. The molecule has 3 heterocycles. The molecule has 0 aliphatic heterocycles. The van der Waals surface area contributed by atoms with Crippen molar-refractivity contribution in [2.45, 2.75) is 19.8 Å². The number of methoxy groups -OCH3 is 1. The van der Waals surface area contributed by atoms with E-state index in [1.54, 1.807) is 30.7 Å². The Labute approximate surface area is 183 Å². The second kappa shape index (κ2) is 7.85. The van der Waals surface area contributed by atoms with Crippen molar-refractivity contribution in [3.63, 3.8) is 0 Å². The first-order chi connectivity index (χ1) is 15.2. The number of ether oxygens (including phenoxy) is 2. The van der Waals surface area contributed by atoms with Crippen LogP contribution in [0.1, 0.15) is 27.4 Å². The highest BCUT2D eigenvalue weighted by Gasteiger charge is 2.27. The summed E-state index contributed by atoms with van der Waals surface area (Å²) in [7, 11) is 1.66. The van der Waals surface area contributed by atoms with Crippen LogP contribution in [-0.4, -0.2) is 33.9 Å². The van der Waals surface area contributed by atoms with Gasteiger partial charge in [-0.1, -0.05) is 0 Å². The quantitative estimate of drug-likeness (QED) is 0.432. The molecule has 3 aromatic heterocycles. The number of hydrogen-bond donors (Lipinski definition) is 1. The van der Waals surface area contributed by atoms with Gasteiger partial charge in [-0.15, -0.1) is 11.3 Å². The molecule has 1 N–H and O–H groups in total. The van der Waals surface area contributed by atoms with Gasteiger partial charge in [0.25, 0.3) is 0 Å². The lowest BCUT2D eigenvalue weighted by Gasteiger charge is -2.13. The number of nitriles is 1. The van der Waals surface area contributed by atoms with Crippen LogP contribution in [0.2, 0.25) is 0 Å². The molecule has 7 nitrogen and oxygen atoms in total. The SMILES string of the molecule is COc1cc2c(cc1OCCc1scnc1C)-c1[nH]nc(-c3ccc(C#N)nc3)c1C2. The Hall–Kier alpha value is -3.70. The Kier molecular flexibility index (Phi) is 4.88. The highest BCUT2D eigenvalue weighted by atomic mass is 32.1. The molecular weight excluding hydrogens is 410 g/mol. The number of nitrogens with one attached hydrogen (secondary N) is 1. The number of pyridine rings is 1. The van der Waals surface area contributed by atoms with Gasteiger partial charge in [-0.2, -0.15) is 10.4 Å². The molecule has 1 aliphatic rings. The van der Waals surface area contributed by atoms with Crippen LogP contribution in [0.25, 0.3) is 22.5 Å². The van der Waals surface area contributed by atoms with Gasteiger partial charge >= 0.3 is 0 Å². The van der Waals surface area contributed by atoms with Crippen molar-refractivity contribution >= 4 is 11.3 Å². The topological polar surface area (TPSA) is 96.7 Å². The average molecular weight is 430 g/mol. The molecule has 0 bridgehead atoms. The highest BCUT2D eigenvalue weighted by molar-refractivity contribution is 7.09. The van der Waals surface area contributed by atoms with E-state index in [2.05, 4.69) is 20.2 Å². The molecule has 31 heavy (non-hydrogen) atoms. The minimum atomic E-state index is 0.388. The highest BCUT2D eigenvalue weighted by Crippen LogP contribution is 2.44. The van der Waals surface area contributed by atoms with E-state index >= 15 is 0 Å². The normalized spacial score (nSPS) is 11.6. The fourth-order valence-corrected chi connectivity index (χ4v) is 4.63. The lowest BCUT2D eigenvalue weighted by molar-refractivity contribution is 0.298. The molecule has 154 valence electrons. The van der Waals surface area contributed by atoms with Crippen molar-refractivity contribution in [1.82, 2.24) is 20.2 Å². The van der Waals surface area contributed by atoms with Crippen LogP contribution in [0.3, 0.4) is 0 Å². The van der Waals surface area contributed by atoms with E-state index in [9.17, 15) is 0 Å². The van der Waals surface area contributed by atoms with E-state index in [1.165, 1.54) is 4.88 Å². The molecule has 1 aliphatic carbocycles. The molecular formula is C23H19N5O2S. The first-order valence-corrected chi connectivity index (χ1v) is 10.7. The molecule has 0 fully saturated rings. The summed E-state index contributed by atoms with van der Waals surface area (Å²) in [4.78, 5) is 9.70. The molecule has 0 saturated carbocycles. The zero-order valence-corrected chi connectivity index (χ0v) is 17.9. The van der Waals surface area contributed by atoms with Crippen molar-refractivity contribution in [3.8, 4) is 40.1 Å². The molecule has 0 amide bonds. The van der Waals surface area contributed by atoms with Crippen LogP contribution in [0.4, 0.5) is 0 Å². The number of hydrogen-bond acceptors (Lipinski definition) is 7. The third kappa shape index (κ3) is 3.43. The van der Waals surface area contributed by atoms with Crippen molar-refractivity contribution in [2.75, 3.05) is 13.7 Å². The number of nitrogens with zero attached hydrogens (tertiary/aromatic N) is 4. The van der Waals surface area contributed by atoms with E-state index in [4.69, 9.17) is 14.7 Å². The largest absolute Gasteiger partial charge is 0.493 e. The van der Waals surface area contributed by atoms with Gasteiger partial charge in [0, 0.05) is 40.6 Å². The van der Waals surface area contributed by atoms with Crippen LogP contribution >= 0.6 is 11.3 Å². The molecule has 5 rings (SSSR count). The van der Waals surface area contributed by atoms with Crippen molar-refractivity contribution < 1.29 is 9.47 Å². The van der Waals surface area contributed by atoms with E-state index in [1.807, 2.05) is 36.7 Å². The van der Waals surface area contributed by atoms with E-state index in [-0.39, 0.29) is 0 Å². The van der Waals surface area contributed by atoms with Gasteiger partial charge in [0.2, 0.25) is 0 Å².